The number of benzene rings is 1. The number of rotatable bonds is 7. The standard InChI is InChI=1S/C17H22O2S/c1-3-16-7-8-17(20-16)12-14(18)9-10-19-15-6-4-5-13(2)11-15/h4-8,11,14,18H,3,9-10,12H2,1-2H3. The SMILES string of the molecule is CCc1ccc(CC(O)CCOc2cccc(C)c2)s1. The van der Waals surface area contributed by atoms with Crippen molar-refractivity contribution in [3.63, 3.8) is 0 Å². The summed E-state index contributed by atoms with van der Waals surface area (Å²) < 4.78 is 5.66. The van der Waals surface area contributed by atoms with Gasteiger partial charge in [0.05, 0.1) is 12.7 Å². The fourth-order valence-corrected chi connectivity index (χ4v) is 3.10. The van der Waals surface area contributed by atoms with E-state index in [-0.39, 0.29) is 6.10 Å². The lowest BCUT2D eigenvalue weighted by Gasteiger charge is -2.11. The molecule has 1 atom stereocenters. The summed E-state index contributed by atoms with van der Waals surface area (Å²) >= 11 is 1.79. The number of hydrogen-bond donors (Lipinski definition) is 1. The monoisotopic (exact) mass is 290 g/mol. The van der Waals surface area contributed by atoms with Gasteiger partial charge in [-0.15, -0.1) is 11.3 Å². The predicted molar refractivity (Wildman–Crippen MR) is 84.7 cm³/mol. The van der Waals surface area contributed by atoms with Gasteiger partial charge in [0.15, 0.2) is 0 Å². The van der Waals surface area contributed by atoms with Crippen LogP contribution in [0.25, 0.3) is 0 Å². The number of hydrogen-bond acceptors (Lipinski definition) is 3. The minimum Gasteiger partial charge on any atom is -0.493 e. The van der Waals surface area contributed by atoms with Gasteiger partial charge in [-0.1, -0.05) is 19.1 Å². The fraction of sp³-hybridized carbons (Fsp3) is 0.412. The second-order valence-electron chi connectivity index (χ2n) is 5.03. The molecule has 1 aromatic carbocycles. The van der Waals surface area contributed by atoms with Crippen molar-refractivity contribution in [2.45, 2.75) is 39.2 Å². The first-order chi connectivity index (χ1) is 9.67. The van der Waals surface area contributed by atoms with Crippen molar-refractivity contribution in [2.24, 2.45) is 0 Å². The van der Waals surface area contributed by atoms with E-state index in [1.54, 1.807) is 11.3 Å². The molecule has 1 N–H and O–H groups in total. The maximum atomic E-state index is 10.0. The van der Waals surface area contributed by atoms with Gasteiger partial charge in [-0.2, -0.15) is 0 Å². The van der Waals surface area contributed by atoms with Crippen LogP contribution in [0.5, 0.6) is 5.75 Å². The number of thiophene rings is 1. The lowest BCUT2D eigenvalue weighted by atomic mass is 10.1. The van der Waals surface area contributed by atoms with E-state index in [2.05, 4.69) is 19.1 Å². The molecule has 1 unspecified atom stereocenters. The Morgan fingerprint density at radius 1 is 1.20 bits per heavy atom. The molecule has 0 spiro atoms. The molecule has 0 saturated carbocycles. The third-order valence-electron chi connectivity index (χ3n) is 3.21. The Balaban J connectivity index is 1.73. The van der Waals surface area contributed by atoms with Crippen LogP contribution in [0.4, 0.5) is 0 Å². The van der Waals surface area contributed by atoms with E-state index in [0.29, 0.717) is 13.0 Å². The van der Waals surface area contributed by atoms with Crippen LogP contribution in [-0.4, -0.2) is 17.8 Å². The molecule has 0 amide bonds. The minimum absolute atomic E-state index is 0.330. The summed E-state index contributed by atoms with van der Waals surface area (Å²) in [4.78, 5) is 2.63. The zero-order valence-corrected chi connectivity index (χ0v) is 13.0. The molecule has 3 heteroatoms. The van der Waals surface area contributed by atoms with E-state index >= 15 is 0 Å². The summed E-state index contributed by atoms with van der Waals surface area (Å²) in [5, 5.41) is 10.0. The first-order valence-electron chi connectivity index (χ1n) is 7.12. The van der Waals surface area contributed by atoms with Crippen LogP contribution in [0.15, 0.2) is 36.4 Å². The Labute approximate surface area is 125 Å². The highest BCUT2D eigenvalue weighted by Gasteiger charge is 2.08. The average Bonchev–Trinajstić information content (AvgIpc) is 2.86. The van der Waals surface area contributed by atoms with Gasteiger partial charge in [-0.25, -0.2) is 0 Å². The Hall–Kier alpha value is -1.32. The van der Waals surface area contributed by atoms with E-state index in [4.69, 9.17) is 4.74 Å². The van der Waals surface area contributed by atoms with Gasteiger partial charge < -0.3 is 9.84 Å². The second kappa shape index (κ2) is 7.46. The van der Waals surface area contributed by atoms with Crippen molar-refractivity contribution in [3.8, 4) is 5.75 Å². The molecular weight excluding hydrogens is 268 g/mol. The van der Waals surface area contributed by atoms with Crippen molar-refractivity contribution in [2.75, 3.05) is 6.61 Å². The molecular formula is C17H22O2S. The molecule has 1 aromatic heterocycles. The third kappa shape index (κ3) is 4.66. The maximum absolute atomic E-state index is 10.0. The lowest BCUT2D eigenvalue weighted by molar-refractivity contribution is 0.140. The smallest absolute Gasteiger partial charge is 0.119 e. The summed E-state index contributed by atoms with van der Waals surface area (Å²) in [5.74, 6) is 0.876. The highest BCUT2D eigenvalue weighted by molar-refractivity contribution is 7.11. The van der Waals surface area contributed by atoms with Gasteiger partial charge >= 0.3 is 0 Å². The normalized spacial score (nSPS) is 12.3. The summed E-state index contributed by atoms with van der Waals surface area (Å²) in [6.07, 6.45) is 2.12. The van der Waals surface area contributed by atoms with Gasteiger partial charge in [0, 0.05) is 22.6 Å². The van der Waals surface area contributed by atoms with Crippen LogP contribution in [0, 0.1) is 6.92 Å². The quantitative estimate of drug-likeness (QED) is 0.835. The van der Waals surface area contributed by atoms with Gasteiger partial charge in [-0.3, -0.25) is 0 Å². The zero-order chi connectivity index (χ0) is 14.4. The van der Waals surface area contributed by atoms with Crippen LogP contribution in [0.2, 0.25) is 0 Å². The van der Waals surface area contributed by atoms with Crippen LogP contribution in [-0.2, 0) is 12.8 Å². The molecule has 2 rings (SSSR count). The molecule has 0 aliphatic carbocycles. The molecule has 2 nitrogen and oxygen atoms in total. The van der Waals surface area contributed by atoms with E-state index in [1.165, 1.54) is 15.3 Å². The maximum Gasteiger partial charge on any atom is 0.119 e. The number of aliphatic hydroxyl groups is 1. The lowest BCUT2D eigenvalue weighted by Crippen LogP contribution is -2.14. The summed E-state index contributed by atoms with van der Waals surface area (Å²) in [5.41, 5.74) is 1.19. The molecule has 20 heavy (non-hydrogen) atoms. The topological polar surface area (TPSA) is 29.5 Å². The molecule has 0 saturated heterocycles. The van der Waals surface area contributed by atoms with E-state index < -0.39 is 0 Å². The highest BCUT2D eigenvalue weighted by atomic mass is 32.1. The fourth-order valence-electron chi connectivity index (χ4n) is 2.07. The summed E-state index contributed by atoms with van der Waals surface area (Å²) in [6.45, 7) is 4.75. The minimum atomic E-state index is -0.330. The predicted octanol–water partition coefficient (Wildman–Crippen LogP) is 3.99. The second-order valence-corrected chi connectivity index (χ2v) is 6.29. The van der Waals surface area contributed by atoms with Crippen molar-refractivity contribution in [3.05, 3.63) is 51.7 Å². The molecule has 108 valence electrons. The molecule has 0 bridgehead atoms. The molecule has 2 aromatic rings. The van der Waals surface area contributed by atoms with Gasteiger partial charge in [0.2, 0.25) is 0 Å². The van der Waals surface area contributed by atoms with Crippen LogP contribution < -0.4 is 4.74 Å². The Morgan fingerprint density at radius 2 is 2.00 bits per heavy atom. The van der Waals surface area contributed by atoms with Crippen molar-refractivity contribution in [1.29, 1.82) is 0 Å². The van der Waals surface area contributed by atoms with Crippen molar-refractivity contribution >= 4 is 11.3 Å². The molecule has 0 aliphatic heterocycles. The Bertz CT molecular complexity index is 533. The summed E-state index contributed by atoms with van der Waals surface area (Å²) in [6, 6.07) is 12.3. The van der Waals surface area contributed by atoms with E-state index in [0.717, 1.165) is 18.6 Å². The highest BCUT2D eigenvalue weighted by Crippen LogP contribution is 2.19. The first kappa shape index (κ1) is 15.1. The van der Waals surface area contributed by atoms with Crippen molar-refractivity contribution < 1.29 is 9.84 Å². The first-order valence-corrected chi connectivity index (χ1v) is 7.94. The van der Waals surface area contributed by atoms with Crippen LogP contribution in [0.3, 0.4) is 0 Å². The van der Waals surface area contributed by atoms with Crippen molar-refractivity contribution in [1.82, 2.24) is 0 Å². The molecule has 0 aliphatic rings. The Kier molecular flexibility index (Phi) is 5.62. The molecule has 1 heterocycles. The molecule has 0 radical (unpaired) electrons. The van der Waals surface area contributed by atoms with Crippen LogP contribution in [0.1, 0.15) is 28.7 Å². The third-order valence-corrected chi connectivity index (χ3v) is 4.46. The van der Waals surface area contributed by atoms with Gasteiger partial charge in [0.1, 0.15) is 5.75 Å². The van der Waals surface area contributed by atoms with E-state index in [1.807, 2.05) is 31.2 Å². The average molecular weight is 290 g/mol. The van der Waals surface area contributed by atoms with Gasteiger partial charge in [0.25, 0.3) is 0 Å². The summed E-state index contributed by atoms with van der Waals surface area (Å²) in [7, 11) is 0. The van der Waals surface area contributed by atoms with Gasteiger partial charge in [-0.05, 0) is 43.2 Å². The van der Waals surface area contributed by atoms with Crippen LogP contribution >= 0.6 is 11.3 Å². The van der Waals surface area contributed by atoms with E-state index in [9.17, 15) is 5.11 Å². The number of aliphatic hydroxyl groups excluding tert-OH is 1. The number of ether oxygens (including phenoxy) is 1. The zero-order valence-electron chi connectivity index (χ0n) is 12.1. The Morgan fingerprint density at radius 3 is 2.70 bits per heavy atom. The largest absolute Gasteiger partial charge is 0.493 e. The number of aryl methyl sites for hydroxylation is 2. The molecule has 0 fully saturated rings.